The highest BCUT2D eigenvalue weighted by Crippen LogP contribution is 2.44. The Labute approximate surface area is 92.2 Å². The molecule has 1 N–H and O–H groups in total. The van der Waals surface area contributed by atoms with Crippen molar-refractivity contribution in [1.82, 2.24) is 10.2 Å². The summed E-state index contributed by atoms with van der Waals surface area (Å²) in [5.74, 6) is 0.888. The number of nitrogens with one attached hydrogen (secondary N) is 1. The Balaban J connectivity index is 2.25. The first kappa shape index (κ1) is 10.9. The predicted molar refractivity (Wildman–Crippen MR) is 60.5 cm³/mol. The lowest BCUT2D eigenvalue weighted by Gasteiger charge is -2.42. The largest absolute Gasteiger partial charge is 0.342 e. The molecule has 0 bridgehead atoms. The number of carbonyl (C=O) groups is 1. The van der Waals surface area contributed by atoms with Crippen LogP contribution in [-0.4, -0.2) is 37.0 Å². The maximum atomic E-state index is 11.9. The Morgan fingerprint density at radius 1 is 1.53 bits per heavy atom. The van der Waals surface area contributed by atoms with Crippen LogP contribution in [0.25, 0.3) is 0 Å². The molecule has 0 radical (unpaired) electrons. The minimum atomic E-state index is 0.220. The fourth-order valence-corrected chi connectivity index (χ4v) is 3.65. The van der Waals surface area contributed by atoms with E-state index in [1.807, 2.05) is 11.9 Å². The van der Waals surface area contributed by atoms with E-state index < -0.39 is 0 Å². The van der Waals surface area contributed by atoms with E-state index in [4.69, 9.17) is 0 Å². The fraction of sp³-hybridized carbons (Fsp3) is 0.917. The van der Waals surface area contributed by atoms with E-state index in [0.717, 1.165) is 19.5 Å². The van der Waals surface area contributed by atoms with Crippen molar-refractivity contribution in [2.75, 3.05) is 20.1 Å². The van der Waals surface area contributed by atoms with Crippen molar-refractivity contribution >= 4 is 5.91 Å². The topological polar surface area (TPSA) is 32.3 Å². The normalized spacial score (nSPS) is 36.9. The first-order chi connectivity index (χ1) is 7.07. The van der Waals surface area contributed by atoms with Crippen LogP contribution in [0, 0.1) is 11.3 Å². The van der Waals surface area contributed by atoms with Gasteiger partial charge in [0.15, 0.2) is 0 Å². The van der Waals surface area contributed by atoms with Gasteiger partial charge in [-0.05, 0) is 25.3 Å². The second kappa shape index (κ2) is 3.78. The number of nitrogens with zero attached hydrogens (tertiary/aromatic N) is 1. The second-order valence-electron chi connectivity index (χ2n) is 5.51. The van der Waals surface area contributed by atoms with Crippen LogP contribution in [0.15, 0.2) is 0 Å². The number of carbonyl (C=O) groups excluding carboxylic acids is 1. The second-order valence-corrected chi connectivity index (χ2v) is 5.51. The number of rotatable bonds is 1. The van der Waals surface area contributed by atoms with Crippen LogP contribution in [0.2, 0.25) is 0 Å². The first-order valence-corrected chi connectivity index (χ1v) is 6.03. The first-order valence-electron chi connectivity index (χ1n) is 6.03. The van der Waals surface area contributed by atoms with Crippen LogP contribution in [0.4, 0.5) is 0 Å². The minimum Gasteiger partial charge on any atom is -0.342 e. The van der Waals surface area contributed by atoms with Gasteiger partial charge in [0.2, 0.25) is 5.91 Å². The molecule has 2 heterocycles. The highest BCUT2D eigenvalue weighted by Gasteiger charge is 2.51. The van der Waals surface area contributed by atoms with Crippen LogP contribution in [0.5, 0.6) is 0 Å². The average molecular weight is 210 g/mol. The number of hydrogen-bond acceptors (Lipinski definition) is 2. The smallest absolute Gasteiger partial charge is 0.223 e. The van der Waals surface area contributed by atoms with Gasteiger partial charge in [-0.1, -0.05) is 13.8 Å². The van der Waals surface area contributed by atoms with Crippen molar-refractivity contribution in [3.63, 3.8) is 0 Å². The quantitative estimate of drug-likeness (QED) is 0.706. The molecule has 2 unspecified atom stereocenters. The molecule has 3 heteroatoms. The molecule has 1 amide bonds. The van der Waals surface area contributed by atoms with Crippen molar-refractivity contribution in [2.45, 2.75) is 39.2 Å². The molecule has 86 valence electrons. The molecular weight excluding hydrogens is 188 g/mol. The van der Waals surface area contributed by atoms with Crippen molar-refractivity contribution in [3.05, 3.63) is 0 Å². The van der Waals surface area contributed by atoms with E-state index in [0.29, 0.717) is 17.9 Å². The van der Waals surface area contributed by atoms with Crippen molar-refractivity contribution in [3.8, 4) is 0 Å². The lowest BCUT2D eigenvalue weighted by Crippen LogP contribution is -2.50. The molecule has 0 saturated carbocycles. The summed E-state index contributed by atoms with van der Waals surface area (Å²) >= 11 is 0. The summed E-state index contributed by atoms with van der Waals surface area (Å²) in [4.78, 5) is 13.8. The third-order valence-electron chi connectivity index (χ3n) is 4.08. The summed E-state index contributed by atoms with van der Waals surface area (Å²) < 4.78 is 0. The Hall–Kier alpha value is -0.570. The zero-order chi connectivity index (χ0) is 11.1. The monoisotopic (exact) mass is 210 g/mol. The molecule has 0 aromatic rings. The van der Waals surface area contributed by atoms with Gasteiger partial charge >= 0.3 is 0 Å². The molecule has 1 spiro atoms. The van der Waals surface area contributed by atoms with Crippen LogP contribution in [0.1, 0.15) is 33.1 Å². The highest BCUT2D eigenvalue weighted by atomic mass is 16.2. The lowest BCUT2D eigenvalue weighted by molar-refractivity contribution is -0.128. The minimum absolute atomic E-state index is 0.220. The zero-order valence-corrected chi connectivity index (χ0v) is 10.0. The van der Waals surface area contributed by atoms with Gasteiger partial charge in [0, 0.05) is 31.5 Å². The number of amides is 1. The molecule has 2 fully saturated rings. The molecule has 0 aliphatic carbocycles. The third-order valence-corrected chi connectivity index (χ3v) is 4.08. The fourth-order valence-electron chi connectivity index (χ4n) is 3.65. The standard InChI is InChI=1S/C12H22N2O/c1-9(2)11-12(5-4-6-13-8-12)7-10(15)14(11)3/h9,11,13H,4-8H2,1-3H3. The summed E-state index contributed by atoms with van der Waals surface area (Å²) in [5, 5.41) is 3.46. The highest BCUT2D eigenvalue weighted by molar-refractivity contribution is 5.80. The van der Waals surface area contributed by atoms with Crippen molar-refractivity contribution < 1.29 is 4.79 Å². The number of hydrogen-bond donors (Lipinski definition) is 1. The van der Waals surface area contributed by atoms with Crippen LogP contribution < -0.4 is 5.32 Å². The maximum absolute atomic E-state index is 11.9. The summed E-state index contributed by atoms with van der Waals surface area (Å²) in [6.45, 7) is 6.60. The van der Waals surface area contributed by atoms with Gasteiger partial charge in [-0.25, -0.2) is 0 Å². The molecule has 2 aliphatic heterocycles. The van der Waals surface area contributed by atoms with Gasteiger partial charge in [0.1, 0.15) is 0 Å². The van der Waals surface area contributed by atoms with Gasteiger partial charge in [-0.2, -0.15) is 0 Å². The number of piperidine rings is 1. The van der Waals surface area contributed by atoms with Gasteiger partial charge < -0.3 is 10.2 Å². The molecule has 0 aromatic heterocycles. The Kier molecular flexibility index (Phi) is 2.75. The Morgan fingerprint density at radius 3 is 2.80 bits per heavy atom. The van der Waals surface area contributed by atoms with E-state index in [1.54, 1.807) is 0 Å². The molecule has 2 saturated heterocycles. The van der Waals surface area contributed by atoms with Crippen LogP contribution in [-0.2, 0) is 4.79 Å². The number of likely N-dealkylation sites (tertiary alicyclic amines) is 1. The van der Waals surface area contributed by atoms with E-state index in [9.17, 15) is 4.79 Å². The van der Waals surface area contributed by atoms with Crippen LogP contribution >= 0.6 is 0 Å². The summed E-state index contributed by atoms with van der Waals surface area (Å²) in [6.07, 6.45) is 3.17. The predicted octanol–water partition coefficient (Wildman–Crippen LogP) is 1.24. The molecule has 2 atom stereocenters. The third kappa shape index (κ3) is 1.67. The van der Waals surface area contributed by atoms with Crippen molar-refractivity contribution in [1.29, 1.82) is 0 Å². The SMILES string of the molecule is CC(C)C1N(C)C(=O)CC12CCCNC2. The summed E-state index contributed by atoms with van der Waals surface area (Å²) in [7, 11) is 1.97. The van der Waals surface area contributed by atoms with Gasteiger partial charge in [-0.3, -0.25) is 4.79 Å². The molecule has 2 rings (SSSR count). The van der Waals surface area contributed by atoms with E-state index in [1.165, 1.54) is 12.8 Å². The maximum Gasteiger partial charge on any atom is 0.223 e. The Bertz CT molecular complexity index is 256. The lowest BCUT2D eigenvalue weighted by atomic mass is 9.71. The van der Waals surface area contributed by atoms with Crippen molar-refractivity contribution in [2.24, 2.45) is 11.3 Å². The average Bonchev–Trinajstić information content (AvgIpc) is 2.40. The summed E-state index contributed by atoms with van der Waals surface area (Å²) in [6, 6.07) is 0.429. The molecule has 15 heavy (non-hydrogen) atoms. The zero-order valence-electron chi connectivity index (χ0n) is 10.0. The van der Waals surface area contributed by atoms with Gasteiger partial charge in [0.25, 0.3) is 0 Å². The summed E-state index contributed by atoms with van der Waals surface area (Å²) in [5.41, 5.74) is 0.220. The van der Waals surface area contributed by atoms with Gasteiger partial charge in [-0.15, -0.1) is 0 Å². The molecule has 2 aliphatic rings. The van der Waals surface area contributed by atoms with E-state index in [-0.39, 0.29) is 5.41 Å². The molecular formula is C12H22N2O. The Morgan fingerprint density at radius 2 is 2.27 bits per heavy atom. The van der Waals surface area contributed by atoms with E-state index >= 15 is 0 Å². The molecule has 3 nitrogen and oxygen atoms in total. The van der Waals surface area contributed by atoms with E-state index in [2.05, 4.69) is 19.2 Å². The molecule has 0 aromatic carbocycles. The van der Waals surface area contributed by atoms with Crippen LogP contribution in [0.3, 0.4) is 0 Å². The van der Waals surface area contributed by atoms with Gasteiger partial charge in [0.05, 0.1) is 0 Å².